The molecule has 2 aromatic heterocycles. The summed E-state index contributed by atoms with van der Waals surface area (Å²) in [5, 5.41) is 14.9. The van der Waals surface area contributed by atoms with Gasteiger partial charge in [-0.3, -0.25) is 9.69 Å². The van der Waals surface area contributed by atoms with Gasteiger partial charge in [0.15, 0.2) is 5.65 Å². The second-order valence-electron chi connectivity index (χ2n) is 7.16. The monoisotopic (exact) mass is 359 g/mol. The predicted octanol–water partition coefficient (Wildman–Crippen LogP) is 1.95. The smallest absolute Gasteiger partial charge is 0.259 e. The van der Waals surface area contributed by atoms with Gasteiger partial charge in [-0.1, -0.05) is 20.8 Å². The summed E-state index contributed by atoms with van der Waals surface area (Å²) in [6, 6.07) is 0. The molecule has 7 heteroatoms. The van der Waals surface area contributed by atoms with Crippen molar-refractivity contribution in [3.8, 4) is 0 Å². The van der Waals surface area contributed by atoms with Crippen molar-refractivity contribution in [2.75, 3.05) is 26.2 Å². The minimum absolute atomic E-state index is 0.101. The number of β-amino-alcohol motifs (C(OH)–C–C–N with tert-alkyl or cyclic N) is 1. The number of amides is 1. The van der Waals surface area contributed by atoms with Crippen LogP contribution in [0.4, 0.5) is 0 Å². The average molecular weight is 359 g/mol. The van der Waals surface area contributed by atoms with Gasteiger partial charge in [0.1, 0.15) is 5.56 Å². The van der Waals surface area contributed by atoms with Crippen LogP contribution in [0.3, 0.4) is 0 Å². The number of aromatic nitrogens is 3. The first-order valence-corrected chi connectivity index (χ1v) is 9.56. The Hall–Kier alpha value is -1.99. The van der Waals surface area contributed by atoms with Gasteiger partial charge in [-0.25, -0.2) is 9.50 Å². The van der Waals surface area contributed by atoms with Gasteiger partial charge in [0.25, 0.3) is 5.91 Å². The first-order valence-electron chi connectivity index (χ1n) is 9.56. The first-order chi connectivity index (χ1) is 12.5. The number of likely N-dealkylation sites (tertiary alicyclic amines) is 1. The maximum Gasteiger partial charge on any atom is 0.259 e. The van der Waals surface area contributed by atoms with Crippen LogP contribution in [0.2, 0.25) is 0 Å². The molecular formula is C19H29N5O2. The van der Waals surface area contributed by atoms with E-state index in [0.717, 1.165) is 38.0 Å². The van der Waals surface area contributed by atoms with Crippen molar-refractivity contribution in [3.63, 3.8) is 0 Å². The Morgan fingerprint density at radius 3 is 2.77 bits per heavy atom. The van der Waals surface area contributed by atoms with Crippen LogP contribution in [0.5, 0.6) is 0 Å². The van der Waals surface area contributed by atoms with Gasteiger partial charge in [-0.15, -0.1) is 0 Å². The Kier molecular flexibility index (Phi) is 5.58. The van der Waals surface area contributed by atoms with E-state index in [1.165, 1.54) is 0 Å². The molecular weight excluding hydrogens is 330 g/mol. The molecule has 0 saturated carbocycles. The van der Waals surface area contributed by atoms with Crippen LogP contribution in [0.1, 0.15) is 56.0 Å². The van der Waals surface area contributed by atoms with Crippen LogP contribution in [0.15, 0.2) is 18.6 Å². The zero-order valence-corrected chi connectivity index (χ0v) is 16.0. The number of piperidine rings is 1. The molecule has 1 unspecified atom stereocenters. The molecule has 3 heterocycles. The van der Waals surface area contributed by atoms with Gasteiger partial charge in [0.05, 0.1) is 11.8 Å². The Balaban J connectivity index is 1.81. The van der Waals surface area contributed by atoms with Gasteiger partial charge in [0, 0.05) is 37.6 Å². The number of hydrogen-bond donors (Lipinski definition) is 1. The predicted molar refractivity (Wildman–Crippen MR) is 100.0 cm³/mol. The third-order valence-corrected chi connectivity index (χ3v) is 5.44. The second kappa shape index (κ2) is 7.72. The van der Waals surface area contributed by atoms with E-state index >= 15 is 0 Å². The molecule has 2 aromatic rings. The summed E-state index contributed by atoms with van der Waals surface area (Å²) in [7, 11) is 0. The lowest BCUT2D eigenvalue weighted by Gasteiger charge is -2.38. The topological polar surface area (TPSA) is 74.0 Å². The number of aliphatic hydroxyl groups is 1. The lowest BCUT2D eigenvalue weighted by Crippen LogP contribution is -2.50. The highest BCUT2D eigenvalue weighted by Crippen LogP contribution is 2.25. The number of nitrogens with zero attached hydrogens (tertiary/aromatic N) is 5. The fourth-order valence-electron chi connectivity index (χ4n) is 3.60. The quantitative estimate of drug-likeness (QED) is 0.853. The number of hydrogen-bond acceptors (Lipinski definition) is 5. The van der Waals surface area contributed by atoms with Crippen molar-refractivity contribution in [1.82, 2.24) is 24.4 Å². The maximum absolute atomic E-state index is 12.9. The van der Waals surface area contributed by atoms with Crippen LogP contribution in [-0.4, -0.2) is 67.2 Å². The molecule has 1 amide bonds. The van der Waals surface area contributed by atoms with Crippen LogP contribution < -0.4 is 0 Å². The summed E-state index contributed by atoms with van der Waals surface area (Å²) in [6.45, 7) is 10.0. The lowest BCUT2D eigenvalue weighted by molar-refractivity contribution is -0.0269. The molecule has 3 rings (SSSR count). The van der Waals surface area contributed by atoms with E-state index < -0.39 is 5.60 Å². The van der Waals surface area contributed by atoms with E-state index in [-0.39, 0.29) is 5.91 Å². The van der Waals surface area contributed by atoms with E-state index in [2.05, 4.69) is 28.8 Å². The van der Waals surface area contributed by atoms with E-state index in [0.29, 0.717) is 30.7 Å². The minimum atomic E-state index is -0.777. The molecule has 1 fully saturated rings. The number of carbonyl (C=O) groups is 1. The summed E-state index contributed by atoms with van der Waals surface area (Å²) in [6.07, 6.45) is 7.57. The van der Waals surface area contributed by atoms with Crippen LogP contribution >= 0.6 is 0 Å². The van der Waals surface area contributed by atoms with Crippen molar-refractivity contribution in [1.29, 1.82) is 0 Å². The molecule has 1 N–H and O–H groups in total. The fourth-order valence-corrected chi connectivity index (χ4v) is 3.60. The standard InChI is InChI=1S/C19H29N5O2/c1-4-19(26)8-7-9-23(14-19)18(25)16-11-21-24-13-15(10-20-17(16)24)12-22(5-2)6-3/h10-11,13,26H,4-9,12,14H2,1-3H3. The summed E-state index contributed by atoms with van der Waals surface area (Å²) in [4.78, 5) is 21.5. The largest absolute Gasteiger partial charge is 0.388 e. The Labute approximate surface area is 154 Å². The zero-order chi connectivity index (χ0) is 18.7. The molecule has 142 valence electrons. The normalized spacial score (nSPS) is 20.9. The molecule has 0 aliphatic carbocycles. The number of carbonyl (C=O) groups excluding carboxylic acids is 1. The van der Waals surface area contributed by atoms with Crippen molar-refractivity contribution >= 4 is 11.6 Å². The van der Waals surface area contributed by atoms with Crippen LogP contribution in [0, 0.1) is 0 Å². The molecule has 0 radical (unpaired) electrons. The van der Waals surface area contributed by atoms with Gasteiger partial charge in [0.2, 0.25) is 0 Å². The van der Waals surface area contributed by atoms with E-state index in [1.807, 2.05) is 19.3 Å². The zero-order valence-electron chi connectivity index (χ0n) is 16.0. The van der Waals surface area contributed by atoms with Crippen molar-refractivity contribution < 1.29 is 9.90 Å². The molecule has 1 aliphatic rings. The molecule has 1 saturated heterocycles. The molecule has 26 heavy (non-hydrogen) atoms. The van der Waals surface area contributed by atoms with Crippen LogP contribution in [-0.2, 0) is 6.54 Å². The van der Waals surface area contributed by atoms with Crippen molar-refractivity contribution in [2.24, 2.45) is 0 Å². The molecule has 1 atom stereocenters. The summed E-state index contributed by atoms with van der Waals surface area (Å²) < 4.78 is 1.68. The van der Waals surface area contributed by atoms with Crippen LogP contribution in [0.25, 0.3) is 5.65 Å². The third-order valence-electron chi connectivity index (χ3n) is 5.44. The molecule has 0 bridgehead atoms. The van der Waals surface area contributed by atoms with Gasteiger partial charge < -0.3 is 10.0 Å². The average Bonchev–Trinajstić information content (AvgIpc) is 3.08. The van der Waals surface area contributed by atoms with E-state index in [4.69, 9.17) is 0 Å². The van der Waals surface area contributed by atoms with E-state index in [1.54, 1.807) is 15.6 Å². The molecule has 0 spiro atoms. The summed E-state index contributed by atoms with van der Waals surface area (Å²) >= 11 is 0. The first kappa shape index (κ1) is 18.8. The van der Waals surface area contributed by atoms with Crippen molar-refractivity contribution in [2.45, 2.75) is 52.2 Å². The maximum atomic E-state index is 12.9. The molecule has 0 aromatic carbocycles. The molecule has 7 nitrogen and oxygen atoms in total. The van der Waals surface area contributed by atoms with Gasteiger partial charge >= 0.3 is 0 Å². The number of fused-ring (bicyclic) bond motifs is 1. The summed E-state index contributed by atoms with van der Waals surface area (Å²) in [5.74, 6) is -0.101. The Bertz CT molecular complexity index is 770. The highest BCUT2D eigenvalue weighted by atomic mass is 16.3. The highest BCUT2D eigenvalue weighted by Gasteiger charge is 2.34. The summed E-state index contributed by atoms with van der Waals surface area (Å²) in [5.41, 5.74) is 1.37. The highest BCUT2D eigenvalue weighted by molar-refractivity contribution is 5.99. The fraction of sp³-hybridized carbons (Fsp3) is 0.632. The van der Waals surface area contributed by atoms with Gasteiger partial charge in [-0.2, -0.15) is 5.10 Å². The third kappa shape index (κ3) is 3.73. The Morgan fingerprint density at radius 1 is 1.31 bits per heavy atom. The Morgan fingerprint density at radius 2 is 2.08 bits per heavy atom. The molecule has 1 aliphatic heterocycles. The van der Waals surface area contributed by atoms with E-state index in [9.17, 15) is 9.90 Å². The lowest BCUT2D eigenvalue weighted by atomic mass is 9.90. The number of rotatable bonds is 6. The van der Waals surface area contributed by atoms with Gasteiger partial charge in [-0.05, 0) is 32.4 Å². The van der Waals surface area contributed by atoms with Crippen molar-refractivity contribution in [3.05, 3.63) is 29.7 Å². The minimum Gasteiger partial charge on any atom is -0.388 e. The SMILES string of the molecule is CCN(CC)Cc1cnc2c(C(=O)N3CCCC(O)(CC)C3)cnn2c1. The second-order valence-corrected chi connectivity index (χ2v) is 7.16.